The van der Waals surface area contributed by atoms with Gasteiger partial charge in [0, 0.05) is 18.9 Å². The van der Waals surface area contributed by atoms with Gasteiger partial charge in [-0.15, -0.1) is 0 Å². The molecule has 1 aliphatic carbocycles. The monoisotopic (exact) mass is 206 g/mol. The highest BCUT2D eigenvalue weighted by molar-refractivity contribution is 5.38. The fraction of sp³-hybridized carbons (Fsp3) is 0.538. The first-order valence-corrected chi connectivity index (χ1v) is 5.36. The molecule has 2 heteroatoms. The van der Waals surface area contributed by atoms with Crippen LogP contribution in [0.15, 0.2) is 24.3 Å². The van der Waals surface area contributed by atoms with E-state index < -0.39 is 6.10 Å². The lowest BCUT2D eigenvalue weighted by atomic mass is 9.69. The highest BCUT2D eigenvalue weighted by Crippen LogP contribution is 2.38. The van der Waals surface area contributed by atoms with E-state index in [1.807, 2.05) is 12.1 Å². The van der Waals surface area contributed by atoms with Crippen LogP contribution in [0.3, 0.4) is 0 Å². The zero-order valence-electron chi connectivity index (χ0n) is 9.53. The number of ether oxygens (including phenoxy) is 1. The van der Waals surface area contributed by atoms with Crippen molar-refractivity contribution in [2.45, 2.75) is 37.9 Å². The first kappa shape index (κ1) is 10.7. The van der Waals surface area contributed by atoms with Crippen LogP contribution in [0, 0.1) is 0 Å². The molecule has 2 atom stereocenters. The molecule has 0 saturated carbocycles. The summed E-state index contributed by atoms with van der Waals surface area (Å²) < 4.78 is 5.43. The Labute approximate surface area is 90.9 Å². The molecule has 0 aliphatic heterocycles. The van der Waals surface area contributed by atoms with Crippen LogP contribution < -0.4 is 0 Å². The summed E-state index contributed by atoms with van der Waals surface area (Å²) in [5.74, 6) is 0. The summed E-state index contributed by atoms with van der Waals surface area (Å²) in [7, 11) is 1.67. The Bertz CT molecular complexity index is 357. The molecular formula is C13H18O2. The molecule has 2 rings (SSSR count). The maximum Gasteiger partial charge on any atom is 0.0924 e. The fourth-order valence-electron chi connectivity index (χ4n) is 2.75. The second-order valence-corrected chi connectivity index (χ2v) is 4.81. The average Bonchev–Trinajstić information content (AvgIpc) is 2.17. The molecule has 0 unspecified atom stereocenters. The highest BCUT2D eigenvalue weighted by atomic mass is 16.5. The SMILES string of the molecule is CO[C@@H]1[C@@H](O)Cc2ccccc2C1(C)C. The third kappa shape index (κ3) is 1.58. The third-order valence-corrected chi connectivity index (χ3v) is 3.46. The van der Waals surface area contributed by atoms with Gasteiger partial charge in [0.25, 0.3) is 0 Å². The van der Waals surface area contributed by atoms with Gasteiger partial charge in [0.15, 0.2) is 0 Å². The number of rotatable bonds is 1. The first-order valence-electron chi connectivity index (χ1n) is 5.36. The van der Waals surface area contributed by atoms with E-state index in [9.17, 15) is 5.11 Å². The summed E-state index contributed by atoms with van der Waals surface area (Å²) in [4.78, 5) is 0. The van der Waals surface area contributed by atoms with Crippen molar-refractivity contribution in [2.75, 3.05) is 7.11 Å². The first-order chi connectivity index (χ1) is 7.07. The van der Waals surface area contributed by atoms with E-state index in [-0.39, 0.29) is 11.5 Å². The summed E-state index contributed by atoms with van der Waals surface area (Å²) in [5.41, 5.74) is 2.41. The van der Waals surface area contributed by atoms with Crippen LogP contribution in [0.1, 0.15) is 25.0 Å². The third-order valence-electron chi connectivity index (χ3n) is 3.46. The lowest BCUT2D eigenvalue weighted by molar-refractivity contribution is -0.0571. The topological polar surface area (TPSA) is 29.5 Å². The molecule has 0 radical (unpaired) electrons. The van der Waals surface area contributed by atoms with Gasteiger partial charge in [0.05, 0.1) is 12.2 Å². The van der Waals surface area contributed by atoms with Crippen LogP contribution >= 0.6 is 0 Å². The summed E-state index contributed by atoms with van der Waals surface area (Å²) in [6, 6.07) is 8.29. The van der Waals surface area contributed by atoms with Gasteiger partial charge >= 0.3 is 0 Å². The standard InChI is InChI=1S/C13H18O2/c1-13(2)10-7-5-4-6-9(10)8-11(14)12(13)15-3/h4-7,11-12,14H,8H2,1-3H3/t11-,12+/m0/s1. The summed E-state index contributed by atoms with van der Waals surface area (Å²) >= 11 is 0. The number of benzene rings is 1. The lowest BCUT2D eigenvalue weighted by Crippen LogP contribution is -2.49. The van der Waals surface area contributed by atoms with Crippen LogP contribution in [-0.4, -0.2) is 24.4 Å². The second-order valence-electron chi connectivity index (χ2n) is 4.81. The van der Waals surface area contributed by atoms with E-state index >= 15 is 0 Å². The molecule has 0 bridgehead atoms. The molecule has 0 saturated heterocycles. The van der Waals surface area contributed by atoms with Crippen LogP contribution in [0.2, 0.25) is 0 Å². The minimum Gasteiger partial charge on any atom is -0.390 e. The normalized spacial score (nSPS) is 28.5. The predicted octanol–water partition coefficient (Wildman–Crippen LogP) is 1.90. The molecule has 1 aliphatic rings. The average molecular weight is 206 g/mol. The van der Waals surface area contributed by atoms with E-state index in [0.717, 1.165) is 0 Å². The Balaban J connectivity index is 2.50. The molecule has 82 valence electrons. The molecule has 1 aromatic rings. The number of aliphatic hydroxyl groups excluding tert-OH is 1. The van der Waals surface area contributed by atoms with Crippen molar-refractivity contribution in [1.82, 2.24) is 0 Å². The molecule has 1 N–H and O–H groups in total. The van der Waals surface area contributed by atoms with E-state index in [4.69, 9.17) is 4.74 Å². The Morgan fingerprint density at radius 3 is 2.67 bits per heavy atom. The number of hydrogen-bond acceptors (Lipinski definition) is 2. The molecule has 0 amide bonds. The molecule has 0 spiro atoms. The predicted molar refractivity (Wildman–Crippen MR) is 60.0 cm³/mol. The minimum atomic E-state index is -0.403. The number of fused-ring (bicyclic) bond motifs is 1. The second kappa shape index (κ2) is 3.62. The Hall–Kier alpha value is -0.860. The van der Waals surface area contributed by atoms with E-state index in [0.29, 0.717) is 6.42 Å². The quantitative estimate of drug-likeness (QED) is 0.760. The van der Waals surface area contributed by atoms with Crippen molar-refractivity contribution in [3.63, 3.8) is 0 Å². The number of aliphatic hydroxyl groups is 1. The van der Waals surface area contributed by atoms with Crippen molar-refractivity contribution in [1.29, 1.82) is 0 Å². The Morgan fingerprint density at radius 2 is 2.00 bits per heavy atom. The van der Waals surface area contributed by atoms with Gasteiger partial charge in [-0.05, 0) is 11.1 Å². The molecule has 0 aromatic heterocycles. The zero-order chi connectivity index (χ0) is 11.1. The van der Waals surface area contributed by atoms with Crippen molar-refractivity contribution in [2.24, 2.45) is 0 Å². The Kier molecular flexibility index (Phi) is 2.57. The van der Waals surface area contributed by atoms with Crippen molar-refractivity contribution < 1.29 is 9.84 Å². The molecule has 1 aromatic carbocycles. The molecule has 15 heavy (non-hydrogen) atoms. The van der Waals surface area contributed by atoms with Gasteiger partial charge in [-0.25, -0.2) is 0 Å². The number of methoxy groups -OCH3 is 1. The van der Waals surface area contributed by atoms with Gasteiger partial charge in [0.1, 0.15) is 0 Å². The molecular weight excluding hydrogens is 188 g/mol. The van der Waals surface area contributed by atoms with Crippen molar-refractivity contribution in [3.8, 4) is 0 Å². The molecule has 2 nitrogen and oxygen atoms in total. The number of hydrogen-bond donors (Lipinski definition) is 1. The van der Waals surface area contributed by atoms with E-state index in [2.05, 4.69) is 26.0 Å². The van der Waals surface area contributed by atoms with Crippen LogP contribution in [0.25, 0.3) is 0 Å². The van der Waals surface area contributed by atoms with Crippen LogP contribution in [0.4, 0.5) is 0 Å². The van der Waals surface area contributed by atoms with Gasteiger partial charge < -0.3 is 9.84 Å². The lowest BCUT2D eigenvalue weighted by Gasteiger charge is -2.42. The highest BCUT2D eigenvalue weighted by Gasteiger charge is 2.41. The van der Waals surface area contributed by atoms with Gasteiger partial charge in [-0.1, -0.05) is 38.1 Å². The summed E-state index contributed by atoms with van der Waals surface area (Å²) in [6.07, 6.45) is 0.172. The summed E-state index contributed by atoms with van der Waals surface area (Å²) in [6.45, 7) is 4.25. The summed E-state index contributed by atoms with van der Waals surface area (Å²) in [5, 5.41) is 10.0. The molecule has 0 heterocycles. The smallest absolute Gasteiger partial charge is 0.0924 e. The maximum absolute atomic E-state index is 10.0. The van der Waals surface area contributed by atoms with E-state index in [1.165, 1.54) is 11.1 Å². The van der Waals surface area contributed by atoms with Crippen molar-refractivity contribution in [3.05, 3.63) is 35.4 Å². The van der Waals surface area contributed by atoms with Gasteiger partial charge in [0.2, 0.25) is 0 Å². The van der Waals surface area contributed by atoms with Crippen LogP contribution in [-0.2, 0) is 16.6 Å². The van der Waals surface area contributed by atoms with Crippen molar-refractivity contribution >= 4 is 0 Å². The van der Waals surface area contributed by atoms with Crippen LogP contribution in [0.5, 0.6) is 0 Å². The minimum absolute atomic E-state index is 0.118. The Morgan fingerprint density at radius 1 is 1.33 bits per heavy atom. The molecule has 0 fully saturated rings. The van der Waals surface area contributed by atoms with Gasteiger partial charge in [-0.3, -0.25) is 0 Å². The van der Waals surface area contributed by atoms with Gasteiger partial charge in [-0.2, -0.15) is 0 Å². The maximum atomic E-state index is 10.0. The largest absolute Gasteiger partial charge is 0.390 e. The fourth-order valence-corrected chi connectivity index (χ4v) is 2.75. The zero-order valence-corrected chi connectivity index (χ0v) is 9.53. The van der Waals surface area contributed by atoms with E-state index in [1.54, 1.807) is 7.11 Å².